The van der Waals surface area contributed by atoms with Gasteiger partial charge in [0, 0.05) is 47.8 Å². The summed E-state index contributed by atoms with van der Waals surface area (Å²) in [5.41, 5.74) is 1.19. The number of morpholine rings is 1. The van der Waals surface area contributed by atoms with Crippen LogP contribution in [0.2, 0.25) is 0 Å². The van der Waals surface area contributed by atoms with Crippen LogP contribution in [0.15, 0.2) is 48.1 Å². The first-order valence-electron chi connectivity index (χ1n) is 7.62. The lowest BCUT2D eigenvalue weighted by Crippen LogP contribution is -2.37. The molecule has 0 spiro atoms. The van der Waals surface area contributed by atoms with Crippen molar-refractivity contribution in [1.29, 1.82) is 0 Å². The number of hydrogen-bond acceptors (Lipinski definition) is 6. The van der Waals surface area contributed by atoms with E-state index in [0.29, 0.717) is 0 Å². The van der Waals surface area contributed by atoms with Crippen molar-refractivity contribution in [3.63, 3.8) is 0 Å². The van der Waals surface area contributed by atoms with E-state index in [1.54, 1.807) is 22.7 Å². The van der Waals surface area contributed by atoms with Gasteiger partial charge in [0.1, 0.15) is 16.1 Å². The molecule has 3 heterocycles. The summed E-state index contributed by atoms with van der Waals surface area (Å²) in [6, 6.07) is 10.4. The summed E-state index contributed by atoms with van der Waals surface area (Å²) in [6.07, 6.45) is 3.95. The molecule has 1 fully saturated rings. The van der Waals surface area contributed by atoms with Gasteiger partial charge in [0.15, 0.2) is 0 Å². The van der Waals surface area contributed by atoms with Gasteiger partial charge in [0.25, 0.3) is 0 Å². The number of benzene rings is 1. The van der Waals surface area contributed by atoms with Gasteiger partial charge in [0.05, 0.1) is 6.61 Å². The fraction of sp³-hybridized carbons (Fsp3) is 0.294. The van der Waals surface area contributed by atoms with Crippen molar-refractivity contribution in [3.05, 3.63) is 58.0 Å². The van der Waals surface area contributed by atoms with Crippen LogP contribution in [-0.4, -0.2) is 34.6 Å². The molecule has 0 N–H and O–H groups in total. The highest BCUT2D eigenvalue weighted by Crippen LogP contribution is 2.28. The van der Waals surface area contributed by atoms with Crippen molar-refractivity contribution in [2.24, 2.45) is 0 Å². The Labute approximate surface area is 143 Å². The molecular weight excluding hydrogens is 326 g/mol. The summed E-state index contributed by atoms with van der Waals surface area (Å²) in [5, 5.41) is 4.17. The number of hydrogen-bond donors (Lipinski definition) is 0. The van der Waals surface area contributed by atoms with E-state index in [-0.39, 0.29) is 6.10 Å². The van der Waals surface area contributed by atoms with Gasteiger partial charge in [-0.2, -0.15) is 0 Å². The third-order valence-electron chi connectivity index (χ3n) is 3.83. The van der Waals surface area contributed by atoms with Crippen molar-refractivity contribution in [1.82, 2.24) is 14.9 Å². The van der Waals surface area contributed by atoms with Crippen LogP contribution in [0.4, 0.5) is 0 Å². The van der Waals surface area contributed by atoms with Gasteiger partial charge in [-0.25, -0.2) is 9.97 Å². The monoisotopic (exact) mass is 343 g/mol. The smallest absolute Gasteiger partial charge is 0.123 e. The minimum Gasteiger partial charge on any atom is -0.368 e. The first-order valence-corrected chi connectivity index (χ1v) is 9.31. The van der Waals surface area contributed by atoms with Crippen LogP contribution in [0.25, 0.3) is 10.6 Å². The predicted octanol–water partition coefficient (Wildman–Crippen LogP) is 3.84. The first-order chi connectivity index (χ1) is 11.4. The van der Waals surface area contributed by atoms with Crippen LogP contribution in [0.1, 0.15) is 16.0 Å². The first kappa shape index (κ1) is 15.0. The molecule has 1 atom stereocenters. The predicted molar refractivity (Wildman–Crippen MR) is 93.6 cm³/mol. The van der Waals surface area contributed by atoms with Gasteiger partial charge < -0.3 is 4.74 Å². The third kappa shape index (κ3) is 3.50. The van der Waals surface area contributed by atoms with Crippen molar-refractivity contribution < 1.29 is 4.74 Å². The van der Waals surface area contributed by atoms with E-state index in [1.807, 2.05) is 23.8 Å². The zero-order valence-corrected chi connectivity index (χ0v) is 14.2. The quantitative estimate of drug-likeness (QED) is 0.721. The van der Waals surface area contributed by atoms with Crippen LogP contribution in [0.3, 0.4) is 0 Å². The molecule has 0 saturated carbocycles. The Morgan fingerprint density at radius 3 is 2.96 bits per heavy atom. The highest BCUT2D eigenvalue weighted by molar-refractivity contribution is 7.15. The van der Waals surface area contributed by atoms with Gasteiger partial charge >= 0.3 is 0 Å². The Kier molecular flexibility index (Phi) is 4.48. The topological polar surface area (TPSA) is 38.2 Å². The molecule has 2 aromatic heterocycles. The summed E-state index contributed by atoms with van der Waals surface area (Å²) in [5.74, 6) is 0. The molecule has 0 radical (unpaired) electrons. The lowest BCUT2D eigenvalue weighted by molar-refractivity contribution is -0.0327. The maximum absolute atomic E-state index is 5.86. The third-order valence-corrected chi connectivity index (χ3v) is 5.73. The molecule has 1 aromatic carbocycles. The Balaban J connectivity index is 1.43. The second-order valence-corrected chi connectivity index (χ2v) is 7.50. The molecule has 4 rings (SSSR count). The van der Waals surface area contributed by atoms with Crippen molar-refractivity contribution in [2.45, 2.75) is 12.6 Å². The van der Waals surface area contributed by atoms with Crippen molar-refractivity contribution >= 4 is 22.7 Å². The van der Waals surface area contributed by atoms with E-state index < -0.39 is 0 Å². The highest BCUT2D eigenvalue weighted by Gasteiger charge is 2.24. The molecule has 4 nitrogen and oxygen atoms in total. The summed E-state index contributed by atoms with van der Waals surface area (Å²) in [6.45, 7) is 3.54. The average molecular weight is 343 g/mol. The van der Waals surface area contributed by atoms with Crippen molar-refractivity contribution in [2.75, 3.05) is 19.7 Å². The molecule has 1 aliphatic rings. The molecule has 0 amide bonds. The minimum absolute atomic E-state index is 0.102. The second kappa shape index (κ2) is 6.88. The summed E-state index contributed by atoms with van der Waals surface area (Å²) in [4.78, 5) is 12.7. The molecule has 23 heavy (non-hydrogen) atoms. The molecule has 1 saturated heterocycles. The van der Waals surface area contributed by atoms with E-state index in [0.717, 1.165) is 36.3 Å². The molecular formula is C17H17N3OS2. The highest BCUT2D eigenvalue weighted by atomic mass is 32.1. The van der Waals surface area contributed by atoms with E-state index in [9.17, 15) is 0 Å². The minimum atomic E-state index is 0.102. The number of rotatable bonds is 4. The SMILES string of the molecule is c1ccc(-c2ncc(CN3CCO[C@H](c4nccs4)C3)s2)cc1. The molecule has 3 aromatic rings. The van der Waals surface area contributed by atoms with Gasteiger partial charge in [-0.05, 0) is 0 Å². The van der Waals surface area contributed by atoms with Gasteiger partial charge in [-0.3, -0.25) is 4.90 Å². The second-order valence-electron chi connectivity index (χ2n) is 5.46. The lowest BCUT2D eigenvalue weighted by Gasteiger charge is -2.31. The molecule has 1 aliphatic heterocycles. The van der Waals surface area contributed by atoms with Crippen LogP contribution in [-0.2, 0) is 11.3 Å². The average Bonchev–Trinajstić information content (AvgIpc) is 3.28. The normalized spacial score (nSPS) is 19.0. The molecule has 0 unspecified atom stereocenters. The summed E-state index contributed by atoms with van der Waals surface area (Å²) in [7, 11) is 0. The summed E-state index contributed by atoms with van der Waals surface area (Å²) >= 11 is 3.44. The largest absolute Gasteiger partial charge is 0.368 e. The van der Waals surface area contributed by atoms with Crippen molar-refractivity contribution in [3.8, 4) is 10.6 Å². The van der Waals surface area contributed by atoms with Crippen LogP contribution in [0.5, 0.6) is 0 Å². The van der Waals surface area contributed by atoms with E-state index in [4.69, 9.17) is 4.74 Å². The van der Waals surface area contributed by atoms with Crippen LogP contribution < -0.4 is 0 Å². The van der Waals surface area contributed by atoms with Gasteiger partial charge in [-0.15, -0.1) is 22.7 Å². The molecule has 0 aliphatic carbocycles. The zero-order chi connectivity index (χ0) is 15.5. The Bertz CT molecular complexity index is 742. The molecule has 6 heteroatoms. The Hall–Kier alpha value is -1.60. The maximum atomic E-state index is 5.86. The fourth-order valence-corrected chi connectivity index (χ4v) is 4.34. The maximum Gasteiger partial charge on any atom is 0.123 e. The zero-order valence-electron chi connectivity index (χ0n) is 12.6. The lowest BCUT2D eigenvalue weighted by atomic mass is 10.2. The number of nitrogens with zero attached hydrogens (tertiary/aromatic N) is 3. The molecule has 118 valence electrons. The van der Waals surface area contributed by atoms with Gasteiger partial charge in [0.2, 0.25) is 0 Å². The Morgan fingerprint density at radius 1 is 1.22 bits per heavy atom. The van der Waals surface area contributed by atoms with E-state index >= 15 is 0 Å². The number of ether oxygens (including phenoxy) is 1. The van der Waals surface area contributed by atoms with E-state index in [2.05, 4.69) is 39.1 Å². The fourth-order valence-electron chi connectivity index (χ4n) is 2.70. The summed E-state index contributed by atoms with van der Waals surface area (Å²) < 4.78 is 5.86. The number of thiazole rings is 2. The van der Waals surface area contributed by atoms with E-state index in [1.165, 1.54) is 10.4 Å². The molecule has 0 bridgehead atoms. The van der Waals surface area contributed by atoms with Crippen LogP contribution >= 0.6 is 22.7 Å². The standard InChI is InChI=1S/C17H17N3OS2/c1-2-4-13(5-3-1)16-19-10-14(23-16)11-20-7-8-21-15(12-20)17-18-6-9-22-17/h1-6,9-10,15H,7-8,11-12H2/t15-/m0/s1. The van der Waals surface area contributed by atoms with Crippen LogP contribution in [0, 0.1) is 0 Å². The Morgan fingerprint density at radius 2 is 2.13 bits per heavy atom. The van der Waals surface area contributed by atoms with Gasteiger partial charge in [-0.1, -0.05) is 30.3 Å². The number of aromatic nitrogens is 2.